The number of rotatable bonds is 10. The van der Waals surface area contributed by atoms with E-state index in [9.17, 15) is 0 Å². The van der Waals surface area contributed by atoms with Crippen molar-refractivity contribution in [1.82, 2.24) is 0 Å². The van der Waals surface area contributed by atoms with E-state index >= 15 is 0 Å². The molecule has 0 aliphatic rings. The molecule has 0 bridgehead atoms. The monoisotopic (exact) mass is 295 g/mol. The summed E-state index contributed by atoms with van der Waals surface area (Å²) < 4.78 is 0. The van der Waals surface area contributed by atoms with E-state index in [-0.39, 0.29) is 0 Å². The van der Waals surface area contributed by atoms with Gasteiger partial charge >= 0.3 is 0 Å². The highest BCUT2D eigenvalue weighted by Gasteiger charge is 1.98. The van der Waals surface area contributed by atoms with Crippen LogP contribution >= 0.6 is 0 Å². The van der Waals surface area contributed by atoms with E-state index in [0.29, 0.717) is 0 Å². The lowest BCUT2D eigenvalue weighted by molar-refractivity contribution is 0.589. The summed E-state index contributed by atoms with van der Waals surface area (Å²) in [4.78, 5) is 0. The van der Waals surface area contributed by atoms with Crippen LogP contribution in [0.15, 0.2) is 54.6 Å². The van der Waals surface area contributed by atoms with Gasteiger partial charge in [0.2, 0.25) is 0 Å². The first-order chi connectivity index (χ1) is 10.9. The van der Waals surface area contributed by atoms with Gasteiger partial charge in [0.25, 0.3) is 0 Å². The van der Waals surface area contributed by atoms with Crippen LogP contribution in [0, 0.1) is 0 Å². The predicted octanol–water partition coefficient (Wildman–Crippen LogP) is 6.72. The minimum absolute atomic E-state index is 1.15. The van der Waals surface area contributed by atoms with Gasteiger partial charge in [-0.05, 0) is 42.7 Å². The lowest BCUT2D eigenvalue weighted by Crippen LogP contribution is -1.92. The Morgan fingerprint density at radius 3 is 2.14 bits per heavy atom. The Balaban J connectivity index is 1.72. The molecule has 1 heteroatoms. The number of unbranched alkanes of at least 4 members (excludes halogenated alkanes) is 6. The van der Waals surface area contributed by atoms with Gasteiger partial charge in [-0.3, -0.25) is 0 Å². The summed E-state index contributed by atoms with van der Waals surface area (Å²) in [5.41, 5.74) is 3.77. The first-order valence-corrected chi connectivity index (χ1v) is 8.79. The molecule has 1 nitrogen and oxygen atoms in total. The van der Waals surface area contributed by atoms with Gasteiger partial charge in [-0.25, -0.2) is 0 Å². The Morgan fingerprint density at radius 2 is 1.36 bits per heavy atom. The Labute approximate surface area is 135 Å². The zero-order valence-corrected chi connectivity index (χ0v) is 13.9. The van der Waals surface area contributed by atoms with Crippen LogP contribution in [0.4, 0.5) is 11.4 Å². The molecule has 0 unspecified atom stereocenters. The van der Waals surface area contributed by atoms with Crippen molar-refractivity contribution in [3.8, 4) is 0 Å². The van der Waals surface area contributed by atoms with Crippen LogP contribution in [0.25, 0.3) is 0 Å². The molecule has 118 valence electrons. The fraction of sp³-hybridized carbons (Fsp3) is 0.429. The molecule has 0 spiro atoms. The zero-order valence-electron chi connectivity index (χ0n) is 13.9. The highest BCUT2D eigenvalue weighted by atomic mass is 14.9. The molecule has 0 aliphatic heterocycles. The SMILES string of the molecule is CCCCCCCCCc1cccc(Nc2ccccc2)c1. The van der Waals surface area contributed by atoms with Gasteiger partial charge < -0.3 is 5.32 Å². The van der Waals surface area contributed by atoms with Crippen molar-refractivity contribution >= 4 is 11.4 Å². The third-order valence-corrected chi connectivity index (χ3v) is 4.06. The van der Waals surface area contributed by atoms with Crippen molar-refractivity contribution in [2.24, 2.45) is 0 Å². The van der Waals surface area contributed by atoms with Crippen LogP contribution in [0.2, 0.25) is 0 Å². The topological polar surface area (TPSA) is 12.0 Å². The summed E-state index contributed by atoms with van der Waals surface area (Å²) in [7, 11) is 0. The molecule has 0 aromatic heterocycles. The van der Waals surface area contributed by atoms with Crippen molar-refractivity contribution in [3.05, 3.63) is 60.2 Å². The van der Waals surface area contributed by atoms with Crippen molar-refractivity contribution < 1.29 is 0 Å². The zero-order chi connectivity index (χ0) is 15.5. The molecule has 0 aliphatic carbocycles. The van der Waals surface area contributed by atoms with Gasteiger partial charge in [0.1, 0.15) is 0 Å². The number of anilines is 2. The molecule has 0 heterocycles. The van der Waals surface area contributed by atoms with E-state index in [1.807, 2.05) is 6.07 Å². The largest absolute Gasteiger partial charge is 0.356 e. The Bertz CT molecular complexity index is 518. The van der Waals surface area contributed by atoms with E-state index < -0.39 is 0 Å². The molecule has 0 amide bonds. The molecular formula is C21H29N. The smallest absolute Gasteiger partial charge is 0.0386 e. The van der Waals surface area contributed by atoms with Crippen LogP contribution in [0.3, 0.4) is 0 Å². The summed E-state index contributed by atoms with van der Waals surface area (Å²) in [5, 5.41) is 3.47. The first kappa shape index (κ1) is 16.6. The molecule has 0 atom stereocenters. The van der Waals surface area contributed by atoms with Crippen LogP contribution in [0.5, 0.6) is 0 Å². The second-order valence-corrected chi connectivity index (χ2v) is 6.06. The highest BCUT2D eigenvalue weighted by molar-refractivity contribution is 5.59. The quantitative estimate of drug-likeness (QED) is 0.479. The van der Waals surface area contributed by atoms with Gasteiger partial charge in [-0.1, -0.05) is 75.8 Å². The molecule has 2 aromatic carbocycles. The molecule has 0 fully saturated rings. The second-order valence-electron chi connectivity index (χ2n) is 6.06. The molecule has 2 aromatic rings. The molecule has 2 rings (SSSR count). The average molecular weight is 295 g/mol. The fourth-order valence-electron chi connectivity index (χ4n) is 2.78. The number of para-hydroxylation sites is 1. The lowest BCUT2D eigenvalue weighted by Gasteiger charge is -2.08. The molecule has 0 saturated heterocycles. The van der Waals surface area contributed by atoms with Crippen molar-refractivity contribution in [1.29, 1.82) is 0 Å². The summed E-state index contributed by atoms with van der Waals surface area (Å²) in [6.07, 6.45) is 10.8. The van der Waals surface area contributed by atoms with Crippen LogP contribution in [0.1, 0.15) is 57.4 Å². The maximum absolute atomic E-state index is 3.47. The standard InChI is InChI=1S/C21H29N/c1-2-3-4-5-6-7-9-13-19-14-12-17-21(18-19)22-20-15-10-8-11-16-20/h8,10-12,14-18,22H,2-7,9,13H2,1H3. The Hall–Kier alpha value is -1.76. The summed E-state index contributed by atoms with van der Waals surface area (Å²) in [6, 6.07) is 19.2. The molecule has 0 saturated carbocycles. The maximum Gasteiger partial charge on any atom is 0.0386 e. The molecule has 22 heavy (non-hydrogen) atoms. The van der Waals surface area contributed by atoms with Gasteiger partial charge in [0.15, 0.2) is 0 Å². The third-order valence-electron chi connectivity index (χ3n) is 4.06. The molecule has 0 radical (unpaired) electrons. The Morgan fingerprint density at radius 1 is 0.682 bits per heavy atom. The van der Waals surface area contributed by atoms with Gasteiger partial charge in [0, 0.05) is 11.4 Å². The minimum Gasteiger partial charge on any atom is -0.356 e. The van der Waals surface area contributed by atoms with Crippen LogP contribution in [-0.4, -0.2) is 0 Å². The lowest BCUT2D eigenvalue weighted by atomic mass is 10.0. The van der Waals surface area contributed by atoms with E-state index in [0.717, 1.165) is 5.69 Å². The number of hydrogen-bond acceptors (Lipinski definition) is 1. The van der Waals surface area contributed by atoms with Crippen molar-refractivity contribution in [3.63, 3.8) is 0 Å². The maximum atomic E-state index is 3.47. The fourth-order valence-corrected chi connectivity index (χ4v) is 2.78. The van der Waals surface area contributed by atoms with E-state index in [4.69, 9.17) is 0 Å². The molecular weight excluding hydrogens is 266 g/mol. The van der Waals surface area contributed by atoms with Crippen molar-refractivity contribution in [2.75, 3.05) is 5.32 Å². The van der Waals surface area contributed by atoms with E-state index in [1.165, 1.54) is 62.6 Å². The van der Waals surface area contributed by atoms with Gasteiger partial charge in [-0.2, -0.15) is 0 Å². The highest BCUT2D eigenvalue weighted by Crippen LogP contribution is 2.19. The number of hydrogen-bond donors (Lipinski definition) is 1. The van der Waals surface area contributed by atoms with E-state index in [1.54, 1.807) is 0 Å². The van der Waals surface area contributed by atoms with Gasteiger partial charge in [-0.15, -0.1) is 0 Å². The average Bonchev–Trinajstić information content (AvgIpc) is 2.55. The number of benzene rings is 2. The summed E-state index contributed by atoms with van der Waals surface area (Å²) in [6.45, 7) is 2.27. The van der Waals surface area contributed by atoms with Crippen LogP contribution < -0.4 is 5.32 Å². The third kappa shape index (κ3) is 6.34. The number of nitrogens with one attached hydrogen (secondary N) is 1. The van der Waals surface area contributed by atoms with Crippen molar-refractivity contribution in [2.45, 2.75) is 58.3 Å². The normalized spacial score (nSPS) is 10.6. The predicted molar refractivity (Wildman–Crippen MR) is 97.9 cm³/mol. The number of aryl methyl sites for hydroxylation is 1. The first-order valence-electron chi connectivity index (χ1n) is 8.79. The second kappa shape index (κ2) is 10.0. The Kier molecular flexibility index (Phi) is 7.59. The summed E-state index contributed by atoms with van der Waals surface area (Å²) in [5.74, 6) is 0. The molecule has 1 N–H and O–H groups in total. The minimum atomic E-state index is 1.15. The summed E-state index contributed by atoms with van der Waals surface area (Å²) >= 11 is 0. The van der Waals surface area contributed by atoms with Crippen LogP contribution in [-0.2, 0) is 6.42 Å². The van der Waals surface area contributed by atoms with E-state index in [2.05, 4.69) is 60.8 Å². The van der Waals surface area contributed by atoms with Gasteiger partial charge in [0.05, 0.1) is 0 Å².